The van der Waals surface area contributed by atoms with Crippen LogP contribution in [-0.2, 0) is 27.6 Å². The van der Waals surface area contributed by atoms with Crippen LogP contribution in [0.1, 0.15) is 113 Å². The molecule has 1 aromatic rings. The van der Waals surface area contributed by atoms with Gasteiger partial charge < -0.3 is 25.4 Å². The van der Waals surface area contributed by atoms with Crippen molar-refractivity contribution in [2.24, 2.45) is 5.73 Å². The predicted molar refractivity (Wildman–Crippen MR) is 159 cm³/mol. The highest BCUT2D eigenvalue weighted by atomic mass is 31.2. The van der Waals surface area contributed by atoms with Crippen LogP contribution in [0.15, 0.2) is 24.5 Å². The lowest BCUT2D eigenvalue weighted by atomic mass is 10.0. The van der Waals surface area contributed by atoms with E-state index in [1.807, 2.05) is 0 Å². The van der Waals surface area contributed by atoms with Gasteiger partial charge in [0.2, 0.25) is 0 Å². The number of hydrogen-bond acceptors (Lipinski definition) is 9. The number of pyridine rings is 1. The van der Waals surface area contributed by atoms with E-state index in [-0.39, 0.29) is 18.8 Å². The lowest BCUT2D eigenvalue weighted by Crippen LogP contribution is -2.46. The number of aliphatic hydroxyl groups excluding tert-OH is 2. The summed E-state index contributed by atoms with van der Waals surface area (Å²) in [6.45, 7) is 3.19. The molecule has 0 spiro atoms. The number of carbonyl (C=O) groups is 1. The minimum Gasteiger partial charge on any atom is -0.387 e. The molecule has 0 radical (unpaired) electrons. The first-order valence-electron chi connectivity index (χ1n) is 15.7. The average Bonchev–Trinajstić information content (AvgIpc) is 3.28. The van der Waals surface area contributed by atoms with Crippen molar-refractivity contribution in [1.29, 1.82) is 0 Å². The van der Waals surface area contributed by atoms with Gasteiger partial charge in [0.15, 0.2) is 18.5 Å². The number of aliphatic hydroxyl groups is 2. The highest BCUT2D eigenvalue weighted by Gasteiger charge is 2.49. The van der Waals surface area contributed by atoms with E-state index in [4.69, 9.17) is 28.8 Å². The number of aromatic nitrogens is 1. The van der Waals surface area contributed by atoms with Crippen molar-refractivity contribution in [2.45, 2.75) is 121 Å². The summed E-state index contributed by atoms with van der Waals surface area (Å²) in [7, 11) is -2.69. The van der Waals surface area contributed by atoms with Crippen LogP contribution in [0.2, 0.25) is 0 Å². The lowest BCUT2D eigenvalue weighted by Gasteiger charge is -2.19. The number of primary amides is 1. The molecule has 1 fully saturated rings. The van der Waals surface area contributed by atoms with Crippen molar-refractivity contribution in [3.63, 3.8) is 0 Å². The standard InChI is InChI=1S/C30H53N2O9P/c1-3-4-5-6-7-8-9-10-11-12-13-14-15-20-38-21-17-22-39-42(36,37-2)40-24-26-27(33)28(34)30(41-26)32-19-16-18-25(23-32)29(31)35/h16,18-19,23,26-28,30,33-34H,3-15,17,20-22,24H2,1-2H3,(H-,31,35)/p+1. The number of ether oxygens (including phenoxy) is 2. The molecule has 5 unspecified atom stereocenters. The Hall–Kier alpha value is -1.43. The molecule has 42 heavy (non-hydrogen) atoms. The number of unbranched alkanes of at least 4 members (excludes halogenated alkanes) is 12. The van der Waals surface area contributed by atoms with Gasteiger partial charge in [-0.1, -0.05) is 84.0 Å². The first-order chi connectivity index (χ1) is 20.3. The van der Waals surface area contributed by atoms with Crippen LogP contribution in [0.25, 0.3) is 0 Å². The fourth-order valence-electron chi connectivity index (χ4n) is 4.88. The highest BCUT2D eigenvalue weighted by Crippen LogP contribution is 2.49. The normalized spacial score (nSPS) is 21.9. The van der Waals surface area contributed by atoms with Crippen molar-refractivity contribution in [3.05, 3.63) is 30.1 Å². The van der Waals surface area contributed by atoms with Crippen LogP contribution in [0.3, 0.4) is 0 Å². The Morgan fingerprint density at radius 1 is 0.905 bits per heavy atom. The van der Waals surface area contributed by atoms with Crippen molar-refractivity contribution >= 4 is 13.7 Å². The van der Waals surface area contributed by atoms with Crippen LogP contribution in [0, 0.1) is 0 Å². The maximum absolute atomic E-state index is 12.8. The van der Waals surface area contributed by atoms with Crippen LogP contribution in [-0.4, -0.2) is 68.0 Å². The Morgan fingerprint density at radius 3 is 2.10 bits per heavy atom. The van der Waals surface area contributed by atoms with E-state index in [1.165, 1.54) is 101 Å². The quantitative estimate of drug-likeness (QED) is 0.0784. The first kappa shape index (κ1) is 36.8. The summed E-state index contributed by atoms with van der Waals surface area (Å²) in [5.41, 5.74) is 5.53. The first-order valence-corrected chi connectivity index (χ1v) is 17.1. The zero-order chi connectivity index (χ0) is 30.6. The molecule has 0 aromatic carbocycles. The van der Waals surface area contributed by atoms with Gasteiger partial charge in [0.25, 0.3) is 12.1 Å². The van der Waals surface area contributed by atoms with Crippen molar-refractivity contribution in [3.8, 4) is 0 Å². The third kappa shape index (κ3) is 13.9. The second-order valence-corrected chi connectivity index (χ2v) is 12.7. The van der Waals surface area contributed by atoms with E-state index in [0.29, 0.717) is 19.6 Å². The van der Waals surface area contributed by atoms with E-state index >= 15 is 0 Å². The van der Waals surface area contributed by atoms with Gasteiger partial charge in [-0.15, -0.1) is 0 Å². The number of phosphoric ester groups is 1. The molecule has 1 aliphatic heterocycles. The number of hydrogen-bond donors (Lipinski definition) is 3. The van der Waals surface area contributed by atoms with Crippen molar-refractivity contribution < 1.29 is 47.2 Å². The summed E-state index contributed by atoms with van der Waals surface area (Å²) in [5, 5.41) is 20.9. The molecule has 2 rings (SSSR count). The van der Waals surface area contributed by atoms with Gasteiger partial charge in [0.1, 0.15) is 17.8 Å². The Kier molecular flexibility index (Phi) is 18.6. The fourth-order valence-corrected chi connectivity index (χ4v) is 5.85. The summed E-state index contributed by atoms with van der Waals surface area (Å²) in [6.07, 6.45) is 15.9. The number of nitrogens with zero attached hydrogens (tertiary/aromatic N) is 1. The summed E-state index contributed by atoms with van der Waals surface area (Å²) in [5.74, 6) is -0.638. The zero-order valence-electron chi connectivity index (χ0n) is 25.6. The maximum Gasteiger partial charge on any atom is 0.474 e. The summed E-state index contributed by atoms with van der Waals surface area (Å²) in [4.78, 5) is 11.5. The number of carbonyl (C=O) groups excluding carboxylic acids is 1. The summed E-state index contributed by atoms with van der Waals surface area (Å²) in [6, 6.07) is 3.09. The zero-order valence-corrected chi connectivity index (χ0v) is 26.5. The minimum absolute atomic E-state index is 0.110. The molecule has 2 heterocycles. The van der Waals surface area contributed by atoms with Gasteiger partial charge in [-0.05, 0) is 18.9 Å². The Bertz CT molecular complexity index is 923. The Labute approximate surface area is 251 Å². The second kappa shape index (κ2) is 21.3. The topological polar surface area (TPSA) is 151 Å². The van der Waals surface area contributed by atoms with E-state index in [2.05, 4.69) is 6.92 Å². The van der Waals surface area contributed by atoms with Crippen molar-refractivity contribution in [2.75, 3.05) is 33.5 Å². The van der Waals surface area contributed by atoms with Gasteiger partial charge in [0, 0.05) is 26.4 Å². The number of amides is 1. The number of rotatable bonds is 25. The smallest absolute Gasteiger partial charge is 0.387 e. The van der Waals surface area contributed by atoms with Crippen LogP contribution >= 0.6 is 7.82 Å². The molecule has 5 atom stereocenters. The van der Waals surface area contributed by atoms with Crippen molar-refractivity contribution in [1.82, 2.24) is 0 Å². The van der Waals surface area contributed by atoms with Gasteiger partial charge >= 0.3 is 7.82 Å². The SMILES string of the molecule is CCCCCCCCCCCCCCCOCCCOP(=O)(OC)OCC1OC([n+]2cccc(C(N)=O)c2)C(O)C1O. The average molecular weight is 618 g/mol. The van der Waals surface area contributed by atoms with Gasteiger partial charge in [-0.2, -0.15) is 4.57 Å². The Morgan fingerprint density at radius 2 is 1.50 bits per heavy atom. The lowest BCUT2D eigenvalue weighted by molar-refractivity contribution is -0.765. The minimum atomic E-state index is -3.90. The molecule has 0 aliphatic carbocycles. The largest absolute Gasteiger partial charge is 0.474 e. The highest BCUT2D eigenvalue weighted by molar-refractivity contribution is 7.48. The van der Waals surface area contributed by atoms with Gasteiger partial charge in [0.05, 0.1) is 13.2 Å². The monoisotopic (exact) mass is 617 g/mol. The predicted octanol–water partition coefficient (Wildman–Crippen LogP) is 4.98. The Balaban J connectivity index is 1.52. The molecule has 11 nitrogen and oxygen atoms in total. The number of nitrogens with two attached hydrogens (primary N) is 1. The molecule has 12 heteroatoms. The van der Waals surface area contributed by atoms with E-state index in [1.54, 1.807) is 12.3 Å². The van der Waals surface area contributed by atoms with Gasteiger partial charge in [-0.3, -0.25) is 18.4 Å². The second-order valence-electron chi connectivity index (χ2n) is 10.9. The maximum atomic E-state index is 12.8. The number of phosphoric acid groups is 1. The van der Waals surface area contributed by atoms with E-state index in [0.717, 1.165) is 6.42 Å². The van der Waals surface area contributed by atoms with Crippen LogP contribution in [0.5, 0.6) is 0 Å². The molecule has 0 bridgehead atoms. The van der Waals surface area contributed by atoms with E-state index in [9.17, 15) is 19.6 Å². The molecule has 1 aliphatic rings. The fraction of sp³-hybridized carbons (Fsp3) is 0.800. The van der Waals surface area contributed by atoms with Crippen LogP contribution in [0.4, 0.5) is 0 Å². The molecule has 0 saturated carbocycles. The molecule has 1 amide bonds. The third-order valence-electron chi connectivity index (χ3n) is 7.43. The molecular formula is C30H54N2O9P+. The molecule has 1 saturated heterocycles. The molecular weight excluding hydrogens is 563 g/mol. The third-order valence-corrected chi connectivity index (χ3v) is 8.84. The molecule has 242 valence electrons. The van der Waals surface area contributed by atoms with E-state index < -0.39 is 38.3 Å². The summed E-state index contributed by atoms with van der Waals surface area (Å²) >= 11 is 0. The van der Waals surface area contributed by atoms with Crippen LogP contribution < -0.4 is 10.3 Å². The summed E-state index contributed by atoms with van der Waals surface area (Å²) < 4.78 is 41.3. The molecule has 4 N–H and O–H groups in total. The molecule has 1 aromatic heterocycles. The van der Waals surface area contributed by atoms with Gasteiger partial charge in [-0.25, -0.2) is 4.57 Å².